The van der Waals surface area contributed by atoms with Gasteiger partial charge in [-0.2, -0.15) is 0 Å². The third-order valence-electron chi connectivity index (χ3n) is 14.4. The summed E-state index contributed by atoms with van der Waals surface area (Å²) < 4.78 is 0.977. The van der Waals surface area contributed by atoms with E-state index in [0.29, 0.717) is 18.6 Å². The number of halogens is 1. The van der Waals surface area contributed by atoms with Crippen LogP contribution in [0.5, 0.6) is 0 Å². The molecule has 8 aromatic rings. The van der Waals surface area contributed by atoms with Gasteiger partial charge in [0, 0.05) is 93.5 Å². The van der Waals surface area contributed by atoms with Gasteiger partial charge in [-0.3, -0.25) is 34.3 Å². The second kappa shape index (κ2) is 21.7. The molecule has 1 aliphatic carbocycles. The van der Waals surface area contributed by atoms with E-state index in [1.165, 1.54) is 39.5 Å². The van der Waals surface area contributed by atoms with E-state index >= 15 is 0 Å². The zero-order valence-electron chi connectivity index (χ0n) is 42.9. The monoisotopic (exact) mass is 1100 g/mol. The Kier molecular flexibility index (Phi) is 15.2. The maximum Gasteiger partial charge on any atom is 0.490 e. The molecule has 12 rings (SSSR count). The number of amides is 3. The highest BCUT2D eigenvalue weighted by atomic mass is 79.9. The summed E-state index contributed by atoms with van der Waals surface area (Å²) in [5.74, 6) is -1.38. The highest BCUT2D eigenvalue weighted by Crippen LogP contribution is 2.54. The fourth-order valence-electron chi connectivity index (χ4n) is 10.2. The van der Waals surface area contributed by atoms with Gasteiger partial charge in [-0.05, 0) is 103 Å². The SMILES string of the molecule is CC(C)(O)C(=O)N1CC2(C1)C(=O)N(Cc1ncc3ccccc3c1-c1cccnc1)c1ccccc12.CC(C)(O)C(=O)O.O=C1N(Cc2ncc3ccccc3c2Br)c2ccccc2C12CCC2.OB(O)c1cccnc1. The van der Waals surface area contributed by atoms with Crippen LogP contribution in [0.2, 0.25) is 0 Å². The average molecular weight is 1100 g/mol. The van der Waals surface area contributed by atoms with Crippen LogP contribution in [-0.2, 0) is 43.1 Å². The lowest BCUT2D eigenvalue weighted by molar-refractivity contribution is -0.158. The number of carbonyl (C=O) groups is 4. The molecule has 18 heteroatoms. The number of hydrogen-bond donors (Lipinski definition) is 5. The first-order valence-electron chi connectivity index (χ1n) is 25.1. The molecule has 3 aliphatic heterocycles. The number of para-hydroxylation sites is 2. The van der Waals surface area contributed by atoms with Gasteiger partial charge < -0.3 is 40.1 Å². The number of likely N-dealkylation sites (tertiary alicyclic amines) is 1. The minimum atomic E-state index is -1.58. The minimum Gasteiger partial charge on any atom is -0.479 e. The Labute approximate surface area is 454 Å². The Bertz CT molecular complexity index is 3510. The quantitative estimate of drug-likeness (QED) is 0.0945. The maximum absolute atomic E-state index is 14.0. The number of hydrogen-bond acceptors (Lipinski definition) is 12. The van der Waals surface area contributed by atoms with Crippen molar-refractivity contribution in [3.05, 3.63) is 185 Å². The van der Waals surface area contributed by atoms with Gasteiger partial charge in [0.1, 0.15) is 11.0 Å². The van der Waals surface area contributed by atoms with Gasteiger partial charge in [0.05, 0.1) is 29.9 Å². The fraction of sp³-hybridized carbons (Fsp3) is 0.254. The summed E-state index contributed by atoms with van der Waals surface area (Å²) in [6, 6.07) is 39.4. The molecular formula is C59H57BBrN7O9. The molecule has 4 aliphatic rings. The van der Waals surface area contributed by atoms with E-state index in [0.717, 1.165) is 84.7 Å². The van der Waals surface area contributed by atoms with Crippen LogP contribution >= 0.6 is 15.9 Å². The van der Waals surface area contributed by atoms with Crippen LogP contribution < -0.4 is 15.3 Å². The van der Waals surface area contributed by atoms with Gasteiger partial charge >= 0.3 is 13.1 Å². The van der Waals surface area contributed by atoms with E-state index in [4.69, 9.17) is 25.2 Å². The number of fused-ring (bicyclic) bond motifs is 6. The molecule has 0 radical (unpaired) electrons. The van der Waals surface area contributed by atoms with E-state index < -0.39 is 29.7 Å². The summed E-state index contributed by atoms with van der Waals surface area (Å²) >= 11 is 3.71. The van der Waals surface area contributed by atoms with Crippen molar-refractivity contribution in [1.29, 1.82) is 0 Å². The first kappa shape index (κ1) is 54.1. The molecule has 4 aromatic carbocycles. The topological polar surface area (TPSA) is 231 Å². The summed E-state index contributed by atoms with van der Waals surface area (Å²) in [6.07, 6.45) is 13.3. The summed E-state index contributed by atoms with van der Waals surface area (Å²) in [7, 11) is -1.40. The number of anilines is 2. The van der Waals surface area contributed by atoms with E-state index in [1.807, 2.05) is 102 Å². The van der Waals surface area contributed by atoms with Gasteiger partial charge in [-0.1, -0.05) is 103 Å². The predicted molar refractivity (Wildman–Crippen MR) is 298 cm³/mol. The number of aliphatic carboxylic acids is 1. The van der Waals surface area contributed by atoms with Crippen molar-refractivity contribution in [3.63, 3.8) is 0 Å². The molecule has 16 nitrogen and oxygen atoms in total. The van der Waals surface area contributed by atoms with Gasteiger partial charge in [0.25, 0.3) is 5.91 Å². The molecule has 77 heavy (non-hydrogen) atoms. The standard InChI is InChI=1S/C29H26N4O3.C21H17BrN2O.C5H6BNO2.C4H8O3/c1-28(2,36)26(34)32-17-29(18-32)22-11-5-6-12-24(22)33(27(29)35)16-23-25(20-9-7-13-30-14-20)21-10-4-3-8-19(21)15-31-23;22-19-15-7-2-1-6-14(15)12-23-17(19)13-24-18-9-4-3-8-16(18)21(20(24)25)10-5-11-21;8-6(9)5-2-1-3-7-4-5;1-4(2,7)3(5)6/h3-15,36H,16-18H2,1-2H3;1-4,6-9,12H,5,10-11,13H2;1-4,8-9H;7H,1-2H3,(H,5,6). The van der Waals surface area contributed by atoms with Gasteiger partial charge in [0.15, 0.2) is 5.60 Å². The Hall–Kier alpha value is -7.74. The molecule has 0 bridgehead atoms. The Morgan fingerprint density at radius 2 is 1.12 bits per heavy atom. The van der Waals surface area contributed by atoms with Crippen LogP contribution in [-0.4, -0.2) is 105 Å². The van der Waals surface area contributed by atoms with E-state index in [-0.39, 0.29) is 36.2 Å². The lowest BCUT2D eigenvalue weighted by atomic mass is 9.65. The van der Waals surface area contributed by atoms with Gasteiger partial charge in [0.2, 0.25) is 11.8 Å². The van der Waals surface area contributed by atoms with Crippen molar-refractivity contribution < 1.29 is 44.5 Å². The number of carboxylic acids is 1. The molecule has 1 saturated heterocycles. The number of pyridine rings is 4. The third kappa shape index (κ3) is 10.6. The molecule has 0 atom stereocenters. The number of benzene rings is 4. The Morgan fingerprint density at radius 3 is 1.62 bits per heavy atom. The predicted octanol–water partition coefficient (Wildman–Crippen LogP) is 7.26. The summed E-state index contributed by atoms with van der Waals surface area (Å²) in [5.41, 5.74) is 3.86. The van der Waals surface area contributed by atoms with Gasteiger partial charge in [-0.15, -0.1) is 0 Å². The lowest BCUT2D eigenvalue weighted by Crippen LogP contribution is -2.67. The minimum absolute atomic E-state index is 0.0457. The zero-order chi connectivity index (χ0) is 54.9. The number of carboxylic acid groups (broad SMARTS) is 1. The molecule has 5 N–H and O–H groups in total. The van der Waals surface area contributed by atoms with Crippen molar-refractivity contribution in [1.82, 2.24) is 24.8 Å². The highest BCUT2D eigenvalue weighted by Gasteiger charge is 2.60. The highest BCUT2D eigenvalue weighted by molar-refractivity contribution is 9.10. The summed E-state index contributed by atoms with van der Waals surface area (Å²) in [6.45, 7) is 6.69. The summed E-state index contributed by atoms with van der Waals surface area (Å²) in [4.78, 5) is 72.3. The van der Waals surface area contributed by atoms with Crippen molar-refractivity contribution >= 4 is 85.1 Å². The van der Waals surface area contributed by atoms with Crippen LogP contribution in [0.4, 0.5) is 11.4 Å². The van der Waals surface area contributed by atoms with Crippen LogP contribution in [0.15, 0.2) is 163 Å². The Morgan fingerprint density at radius 1 is 0.623 bits per heavy atom. The number of carbonyl (C=O) groups excluding carboxylic acids is 3. The van der Waals surface area contributed by atoms with Crippen LogP contribution in [0.1, 0.15) is 69.5 Å². The largest absolute Gasteiger partial charge is 0.490 e. The van der Waals surface area contributed by atoms with Crippen molar-refractivity contribution in [2.45, 2.75) is 82.1 Å². The van der Waals surface area contributed by atoms with E-state index in [2.05, 4.69) is 61.2 Å². The first-order valence-corrected chi connectivity index (χ1v) is 25.9. The molecule has 392 valence electrons. The molecule has 2 spiro atoms. The molecule has 2 fully saturated rings. The number of aliphatic hydroxyl groups is 2. The first-order chi connectivity index (χ1) is 36.7. The van der Waals surface area contributed by atoms with Crippen molar-refractivity contribution in [3.8, 4) is 11.1 Å². The van der Waals surface area contributed by atoms with Crippen LogP contribution in [0.3, 0.4) is 0 Å². The Balaban J connectivity index is 0.000000151. The third-order valence-corrected chi connectivity index (χ3v) is 15.3. The van der Waals surface area contributed by atoms with E-state index in [1.54, 1.807) is 34.3 Å². The van der Waals surface area contributed by atoms with Crippen LogP contribution in [0.25, 0.3) is 32.7 Å². The number of aromatic nitrogens is 4. The summed E-state index contributed by atoms with van der Waals surface area (Å²) in [5, 5.41) is 48.1. The van der Waals surface area contributed by atoms with Crippen LogP contribution in [0, 0.1) is 0 Å². The maximum atomic E-state index is 14.0. The molecule has 1 saturated carbocycles. The second-order valence-corrected chi connectivity index (χ2v) is 21.4. The number of rotatable bonds is 8. The normalized spacial score (nSPS) is 15.5. The molecular weight excluding hydrogens is 1040 g/mol. The molecule has 4 aromatic heterocycles. The average Bonchev–Trinajstić information content (AvgIpc) is 3.95. The van der Waals surface area contributed by atoms with Crippen molar-refractivity contribution in [2.75, 3.05) is 22.9 Å². The number of nitrogens with zero attached hydrogens (tertiary/aromatic N) is 7. The van der Waals surface area contributed by atoms with Gasteiger partial charge in [-0.25, -0.2) is 4.79 Å². The van der Waals surface area contributed by atoms with E-state index in [9.17, 15) is 24.3 Å². The fourth-order valence-corrected chi connectivity index (χ4v) is 10.8. The van der Waals surface area contributed by atoms with Crippen molar-refractivity contribution in [2.24, 2.45) is 0 Å². The smallest absolute Gasteiger partial charge is 0.479 e. The second-order valence-electron chi connectivity index (χ2n) is 20.6. The molecule has 0 unspecified atom stereocenters. The molecule has 3 amide bonds. The molecule has 7 heterocycles. The lowest BCUT2D eigenvalue weighted by Gasteiger charge is -2.48. The zero-order valence-corrected chi connectivity index (χ0v) is 44.5.